The van der Waals surface area contributed by atoms with E-state index in [9.17, 15) is 0 Å². The highest BCUT2D eigenvalue weighted by Crippen LogP contribution is 2.16. The zero-order chi connectivity index (χ0) is 10.5. The Kier molecular flexibility index (Phi) is 3.33. The maximum absolute atomic E-state index is 5.48. The van der Waals surface area contributed by atoms with E-state index in [1.807, 2.05) is 6.20 Å². The molecule has 2 aromatic heterocycles. The van der Waals surface area contributed by atoms with Crippen LogP contribution in [0.15, 0.2) is 30.2 Å². The van der Waals surface area contributed by atoms with Crippen LogP contribution in [-0.4, -0.2) is 15.0 Å². The van der Waals surface area contributed by atoms with Gasteiger partial charge >= 0.3 is 0 Å². The molecule has 0 aromatic carbocycles. The number of rotatable bonds is 4. The Morgan fingerprint density at radius 2 is 2.20 bits per heavy atom. The Hall–Kier alpha value is -1.37. The van der Waals surface area contributed by atoms with Crippen molar-refractivity contribution < 1.29 is 0 Å². The molecule has 1 unspecified atom stereocenters. The molecule has 0 spiro atoms. The molecule has 15 heavy (non-hydrogen) atoms. The number of thiazole rings is 1. The van der Waals surface area contributed by atoms with E-state index in [2.05, 4.69) is 20.4 Å². The van der Waals surface area contributed by atoms with Crippen LogP contribution in [0.4, 0.5) is 0 Å². The normalized spacial score (nSPS) is 12.6. The van der Waals surface area contributed by atoms with Gasteiger partial charge in [0.25, 0.3) is 0 Å². The molecule has 2 rings (SSSR count). The summed E-state index contributed by atoms with van der Waals surface area (Å²) in [5, 5.41) is 0. The van der Waals surface area contributed by atoms with Crippen LogP contribution in [0, 0.1) is 0 Å². The molecule has 0 saturated heterocycles. The molecule has 0 fully saturated rings. The molecule has 2 heterocycles. The summed E-state index contributed by atoms with van der Waals surface area (Å²) in [6, 6.07) is 1.72. The topological polar surface area (TPSA) is 76.7 Å². The quantitative estimate of drug-likeness (QED) is 0.586. The highest BCUT2D eigenvalue weighted by atomic mass is 32.1. The summed E-state index contributed by atoms with van der Waals surface area (Å²) >= 11 is 1.60. The SMILES string of the molecule is NNC(Cc1cncs1)c1ncccn1. The number of nitrogens with zero attached hydrogens (tertiary/aromatic N) is 3. The lowest BCUT2D eigenvalue weighted by molar-refractivity contribution is 0.525. The molecule has 0 aliphatic rings. The largest absolute Gasteiger partial charge is 0.271 e. The van der Waals surface area contributed by atoms with E-state index in [0.717, 1.165) is 11.3 Å². The maximum atomic E-state index is 5.48. The third-order valence-electron chi connectivity index (χ3n) is 1.99. The van der Waals surface area contributed by atoms with E-state index in [4.69, 9.17) is 5.84 Å². The van der Waals surface area contributed by atoms with E-state index in [0.29, 0.717) is 5.82 Å². The molecule has 78 valence electrons. The smallest absolute Gasteiger partial charge is 0.146 e. The van der Waals surface area contributed by atoms with Crippen LogP contribution in [0.5, 0.6) is 0 Å². The van der Waals surface area contributed by atoms with Crippen molar-refractivity contribution in [2.45, 2.75) is 12.5 Å². The van der Waals surface area contributed by atoms with Gasteiger partial charge in [-0.3, -0.25) is 10.8 Å². The Morgan fingerprint density at radius 1 is 1.40 bits per heavy atom. The third-order valence-corrected chi connectivity index (χ3v) is 2.79. The molecule has 3 N–H and O–H groups in total. The van der Waals surface area contributed by atoms with Crippen molar-refractivity contribution in [2.75, 3.05) is 0 Å². The van der Waals surface area contributed by atoms with Crippen molar-refractivity contribution in [1.29, 1.82) is 0 Å². The van der Waals surface area contributed by atoms with Gasteiger partial charge in [0.05, 0.1) is 11.6 Å². The zero-order valence-electron chi connectivity index (χ0n) is 8.00. The van der Waals surface area contributed by atoms with E-state index in [1.165, 1.54) is 0 Å². The molecule has 1 atom stereocenters. The molecular formula is C9H11N5S. The highest BCUT2D eigenvalue weighted by Gasteiger charge is 2.13. The lowest BCUT2D eigenvalue weighted by Gasteiger charge is -2.12. The number of hydrogen-bond donors (Lipinski definition) is 2. The second-order valence-electron chi connectivity index (χ2n) is 3.00. The Labute approximate surface area is 91.4 Å². The number of nitrogens with one attached hydrogen (secondary N) is 1. The molecule has 0 saturated carbocycles. The molecule has 0 aliphatic carbocycles. The van der Waals surface area contributed by atoms with E-state index >= 15 is 0 Å². The summed E-state index contributed by atoms with van der Waals surface area (Å²) in [6.07, 6.45) is 6.00. The fraction of sp³-hybridized carbons (Fsp3) is 0.222. The van der Waals surface area contributed by atoms with Gasteiger partial charge in [0.1, 0.15) is 5.82 Å². The average molecular weight is 221 g/mol. The lowest BCUT2D eigenvalue weighted by atomic mass is 10.2. The van der Waals surface area contributed by atoms with E-state index in [-0.39, 0.29) is 6.04 Å². The van der Waals surface area contributed by atoms with Gasteiger partial charge in [-0.15, -0.1) is 11.3 Å². The van der Waals surface area contributed by atoms with Gasteiger partial charge in [-0.25, -0.2) is 15.4 Å². The molecule has 5 nitrogen and oxygen atoms in total. The van der Waals surface area contributed by atoms with Gasteiger partial charge in [-0.1, -0.05) is 0 Å². The van der Waals surface area contributed by atoms with Gasteiger partial charge in [0.15, 0.2) is 0 Å². The summed E-state index contributed by atoms with van der Waals surface area (Å²) in [7, 11) is 0. The first kappa shape index (κ1) is 10.2. The van der Waals surface area contributed by atoms with Crippen molar-refractivity contribution in [2.24, 2.45) is 5.84 Å². The van der Waals surface area contributed by atoms with Crippen LogP contribution in [0.3, 0.4) is 0 Å². The molecule has 2 aromatic rings. The van der Waals surface area contributed by atoms with Gasteiger partial charge < -0.3 is 0 Å². The molecule has 0 amide bonds. The number of hydrazine groups is 1. The monoisotopic (exact) mass is 221 g/mol. The fourth-order valence-corrected chi connectivity index (χ4v) is 1.90. The van der Waals surface area contributed by atoms with Crippen LogP contribution in [0.1, 0.15) is 16.7 Å². The van der Waals surface area contributed by atoms with Crippen LogP contribution < -0.4 is 11.3 Å². The van der Waals surface area contributed by atoms with Crippen molar-refractivity contribution >= 4 is 11.3 Å². The maximum Gasteiger partial charge on any atom is 0.146 e. The van der Waals surface area contributed by atoms with Crippen molar-refractivity contribution in [3.05, 3.63) is 40.9 Å². The lowest BCUT2D eigenvalue weighted by Crippen LogP contribution is -2.30. The highest BCUT2D eigenvalue weighted by molar-refractivity contribution is 7.09. The number of nitrogens with two attached hydrogens (primary N) is 1. The molecule has 0 bridgehead atoms. The zero-order valence-corrected chi connectivity index (χ0v) is 8.81. The molecule has 6 heteroatoms. The van der Waals surface area contributed by atoms with Gasteiger partial charge in [-0.2, -0.15) is 0 Å². The predicted octanol–water partition coefficient (Wildman–Crippen LogP) is 0.680. The van der Waals surface area contributed by atoms with Crippen LogP contribution >= 0.6 is 11.3 Å². The van der Waals surface area contributed by atoms with Gasteiger partial charge in [0, 0.05) is 29.9 Å². The van der Waals surface area contributed by atoms with Crippen molar-refractivity contribution in [3.63, 3.8) is 0 Å². The minimum Gasteiger partial charge on any atom is -0.271 e. The minimum absolute atomic E-state index is 0.0633. The molecule has 0 radical (unpaired) electrons. The van der Waals surface area contributed by atoms with Crippen LogP contribution in [-0.2, 0) is 6.42 Å². The minimum atomic E-state index is -0.0633. The first-order chi connectivity index (χ1) is 7.40. The Morgan fingerprint density at radius 3 is 2.80 bits per heavy atom. The van der Waals surface area contributed by atoms with E-state index < -0.39 is 0 Å². The Bertz CT molecular complexity index is 388. The number of hydrogen-bond acceptors (Lipinski definition) is 6. The first-order valence-electron chi connectivity index (χ1n) is 4.50. The molecular weight excluding hydrogens is 210 g/mol. The van der Waals surface area contributed by atoms with Gasteiger partial charge in [-0.05, 0) is 6.07 Å². The van der Waals surface area contributed by atoms with Crippen molar-refractivity contribution in [3.8, 4) is 0 Å². The summed E-state index contributed by atoms with van der Waals surface area (Å²) < 4.78 is 0. The van der Waals surface area contributed by atoms with Crippen LogP contribution in [0.25, 0.3) is 0 Å². The molecule has 0 aliphatic heterocycles. The third kappa shape index (κ3) is 2.56. The average Bonchev–Trinajstić information content (AvgIpc) is 2.80. The Balaban J connectivity index is 2.12. The number of aromatic nitrogens is 3. The summed E-state index contributed by atoms with van der Waals surface area (Å²) in [6.45, 7) is 0. The second-order valence-corrected chi connectivity index (χ2v) is 3.97. The standard InChI is InChI=1S/C9H11N5S/c10-14-8(4-7-5-11-6-15-7)9-12-2-1-3-13-9/h1-3,5-6,8,14H,4,10H2. The van der Waals surface area contributed by atoms with Crippen LogP contribution in [0.2, 0.25) is 0 Å². The summed E-state index contributed by atoms with van der Waals surface area (Å²) in [4.78, 5) is 13.5. The van der Waals surface area contributed by atoms with E-state index in [1.54, 1.807) is 35.3 Å². The summed E-state index contributed by atoms with van der Waals surface area (Å²) in [5.41, 5.74) is 4.51. The fourth-order valence-electron chi connectivity index (χ4n) is 1.26. The van der Waals surface area contributed by atoms with Crippen molar-refractivity contribution in [1.82, 2.24) is 20.4 Å². The predicted molar refractivity (Wildman–Crippen MR) is 57.9 cm³/mol. The first-order valence-corrected chi connectivity index (χ1v) is 5.38. The summed E-state index contributed by atoms with van der Waals surface area (Å²) in [5.74, 6) is 6.18. The van der Waals surface area contributed by atoms with Gasteiger partial charge in [0.2, 0.25) is 0 Å². The second kappa shape index (κ2) is 4.92.